The Balaban J connectivity index is 1.29. The van der Waals surface area contributed by atoms with Crippen molar-refractivity contribution in [1.82, 2.24) is 5.32 Å². The molecule has 0 radical (unpaired) electrons. The molecule has 3 heterocycles. The molecule has 0 aliphatic carbocycles. The largest absolute Gasteiger partial charge is 0.394 e. The molecule has 0 spiro atoms. The molecule has 546 valence electrons. The number of amides is 1. The first-order chi connectivity index (χ1) is 45.3. The second-order valence-electron chi connectivity index (χ2n) is 27.1. The maximum atomic E-state index is 13.4. The van der Waals surface area contributed by atoms with Gasteiger partial charge in [0.15, 0.2) is 18.9 Å². The summed E-state index contributed by atoms with van der Waals surface area (Å²) in [4.78, 5) is 13.4. The molecule has 3 saturated heterocycles. The summed E-state index contributed by atoms with van der Waals surface area (Å²) in [5.74, 6) is -0.282. The van der Waals surface area contributed by atoms with E-state index in [9.17, 15) is 61.0 Å². The molecule has 17 atom stereocenters. The van der Waals surface area contributed by atoms with Crippen LogP contribution in [0.15, 0.2) is 36.5 Å². The van der Waals surface area contributed by atoms with Crippen LogP contribution in [-0.2, 0) is 33.2 Å². The molecule has 93 heavy (non-hydrogen) atoms. The zero-order valence-electron chi connectivity index (χ0n) is 58.0. The Kier molecular flexibility index (Phi) is 51.2. The minimum absolute atomic E-state index is 0.239. The highest BCUT2D eigenvalue weighted by Gasteiger charge is 2.53. The van der Waals surface area contributed by atoms with Crippen molar-refractivity contribution in [2.75, 3.05) is 26.4 Å². The number of hydrogen-bond acceptors (Lipinski definition) is 18. The molecule has 1 amide bonds. The van der Waals surface area contributed by atoms with Gasteiger partial charge in [-0.3, -0.25) is 4.79 Å². The number of aliphatic hydroxyl groups is 11. The molecule has 0 bridgehead atoms. The van der Waals surface area contributed by atoms with Crippen LogP contribution < -0.4 is 5.32 Å². The minimum atomic E-state index is -1.98. The average molecular weight is 1330 g/mol. The first-order valence-corrected chi connectivity index (χ1v) is 37.7. The molecule has 3 rings (SSSR count). The number of hydrogen-bond donors (Lipinski definition) is 12. The van der Waals surface area contributed by atoms with Gasteiger partial charge in [0, 0.05) is 6.42 Å². The van der Waals surface area contributed by atoms with E-state index < -0.39 is 124 Å². The van der Waals surface area contributed by atoms with Crippen molar-refractivity contribution in [3.8, 4) is 0 Å². The molecular weight excluding hydrogens is 1190 g/mol. The molecule has 12 N–H and O–H groups in total. The predicted octanol–water partition coefficient (Wildman–Crippen LogP) is 11.2. The maximum absolute atomic E-state index is 13.4. The fraction of sp³-hybridized carbons (Fsp3) is 0.905. The fourth-order valence-electron chi connectivity index (χ4n) is 12.8. The summed E-state index contributed by atoms with van der Waals surface area (Å²) in [5, 5.41) is 120. The van der Waals surface area contributed by atoms with Crippen LogP contribution >= 0.6 is 0 Å². The molecule has 3 aliphatic heterocycles. The summed E-state index contributed by atoms with van der Waals surface area (Å²) in [6.07, 6.45) is 40.4. The average Bonchev–Trinajstić information content (AvgIpc) is 0.817. The normalized spacial score (nSPS) is 27.7. The van der Waals surface area contributed by atoms with Crippen molar-refractivity contribution in [1.29, 1.82) is 0 Å². The predicted molar refractivity (Wildman–Crippen MR) is 365 cm³/mol. The Morgan fingerprint density at radius 2 is 0.688 bits per heavy atom. The molecule has 3 fully saturated rings. The summed E-state index contributed by atoms with van der Waals surface area (Å²) >= 11 is 0. The Hall–Kier alpha value is -1.99. The zero-order chi connectivity index (χ0) is 67.5. The number of allylic oxidation sites excluding steroid dienone is 5. The molecule has 0 aromatic heterocycles. The fourth-order valence-corrected chi connectivity index (χ4v) is 12.8. The first-order valence-electron chi connectivity index (χ1n) is 37.7. The van der Waals surface area contributed by atoms with Crippen LogP contribution in [0, 0.1) is 0 Å². The summed E-state index contributed by atoms with van der Waals surface area (Å²) in [6.45, 7) is 1.70. The van der Waals surface area contributed by atoms with Crippen molar-refractivity contribution >= 4 is 5.91 Å². The van der Waals surface area contributed by atoms with Gasteiger partial charge in [-0.1, -0.05) is 269 Å². The standard InChI is InChI=1S/C74H137NO18/c1-3-5-7-9-11-13-15-16-17-18-19-20-21-22-23-24-25-26-27-28-29-30-31-32-33-34-35-36-37-38-39-40-42-44-46-48-50-52-62(80)75-57(58(79)51-49-47-45-43-41-14-12-10-8-6-4-2)56-88-72-68(86)65(83)70(60(54-77)90-72)93-74-69(87)66(84)71(61(55-78)91-74)92-73-67(85)64(82)63(81)59(53-76)89-73/h18-19,41,43,49,51,57-61,63-74,76-79,81-87H,3-17,20-40,42,44-48,50,52-56H2,1-2H3,(H,75,80)/b19-18-,43-41+,51-49+. The molecule has 0 aromatic carbocycles. The van der Waals surface area contributed by atoms with Crippen LogP contribution in [0.5, 0.6) is 0 Å². The van der Waals surface area contributed by atoms with Gasteiger partial charge in [-0.25, -0.2) is 0 Å². The van der Waals surface area contributed by atoms with E-state index in [-0.39, 0.29) is 18.9 Å². The van der Waals surface area contributed by atoms with Crippen LogP contribution in [0.25, 0.3) is 0 Å². The Bertz CT molecular complexity index is 1830. The number of carbonyl (C=O) groups excluding carboxylic acids is 1. The van der Waals surface area contributed by atoms with Crippen molar-refractivity contribution in [2.45, 2.75) is 401 Å². The summed E-state index contributed by atoms with van der Waals surface area (Å²) in [6, 6.07) is -0.987. The van der Waals surface area contributed by atoms with Crippen LogP contribution in [-0.4, -0.2) is 193 Å². The Labute approximate surface area is 561 Å². The summed E-state index contributed by atoms with van der Waals surface area (Å²) < 4.78 is 34.3. The third-order valence-corrected chi connectivity index (χ3v) is 18.9. The second kappa shape index (κ2) is 55.8. The van der Waals surface area contributed by atoms with Gasteiger partial charge in [0.2, 0.25) is 5.91 Å². The minimum Gasteiger partial charge on any atom is -0.394 e. The van der Waals surface area contributed by atoms with Gasteiger partial charge in [-0.15, -0.1) is 0 Å². The lowest BCUT2D eigenvalue weighted by Crippen LogP contribution is -2.66. The molecule has 19 nitrogen and oxygen atoms in total. The lowest BCUT2D eigenvalue weighted by molar-refractivity contribution is -0.379. The van der Waals surface area contributed by atoms with Crippen molar-refractivity contribution in [3.63, 3.8) is 0 Å². The van der Waals surface area contributed by atoms with Crippen molar-refractivity contribution in [3.05, 3.63) is 36.5 Å². The van der Waals surface area contributed by atoms with E-state index >= 15 is 0 Å². The number of unbranched alkanes of at least 4 members (excludes halogenated alkanes) is 39. The summed E-state index contributed by atoms with van der Waals surface area (Å²) in [7, 11) is 0. The quantitative estimate of drug-likeness (QED) is 0.0199. The van der Waals surface area contributed by atoms with Crippen LogP contribution in [0.3, 0.4) is 0 Å². The third-order valence-electron chi connectivity index (χ3n) is 18.9. The van der Waals surface area contributed by atoms with Gasteiger partial charge >= 0.3 is 0 Å². The first kappa shape index (κ1) is 85.2. The highest BCUT2D eigenvalue weighted by molar-refractivity contribution is 5.76. The van der Waals surface area contributed by atoms with Crippen LogP contribution in [0.1, 0.15) is 296 Å². The van der Waals surface area contributed by atoms with Gasteiger partial charge in [-0.05, 0) is 57.8 Å². The highest BCUT2D eigenvalue weighted by atomic mass is 16.8. The van der Waals surface area contributed by atoms with E-state index in [1.807, 2.05) is 6.08 Å². The third kappa shape index (κ3) is 37.1. The number of carbonyl (C=O) groups is 1. The van der Waals surface area contributed by atoms with Crippen molar-refractivity contribution in [2.24, 2.45) is 0 Å². The van der Waals surface area contributed by atoms with E-state index in [2.05, 4.69) is 43.5 Å². The maximum Gasteiger partial charge on any atom is 0.220 e. The Morgan fingerprint density at radius 3 is 1.08 bits per heavy atom. The summed E-state index contributed by atoms with van der Waals surface area (Å²) in [5.41, 5.74) is 0. The van der Waals surface area contributed by atoms with Crippen LogP contribution in [0.4, 0.5) is 0 Å². The lowest BCUT2D eigenvalue weighted by atomic mass is 9.96. The topological polar surface area (TPSA) is 307 Å². The van der Waals surface area contributed by atoms with Crippen molar-refractivity contribution < 1.29 is 89.4 Å². The molecule has 0 aromatic rings. The Morgan fingerprint density at radius 1 is 0.376 bits per heavy atom. The smallest absolute Gasteiger partial charge is 0.220 e. The van der Waals surface area contributed by atoms with Gasteiger partial charge in [-0.2, -0.15) is 0 Å². The van der Waals surface area contributed by atoms with Gasteiger partial charge < -0.3 is 89.9 Å². The lowest BCUT2D eigenvalue weighted by Gasteiger charge is -2.48. The second-order valence-corrected chi connectivity index (χ2v) is 27.1. The molecule has 0 saturated carbocycles. The van der Waals surface area contributed by atoms with E-state index in [0.29, 0.717) is 12.8 Å². The highest BCUT2D eigenvalue weighted by Crippen LogP contribution is 2.33. The number of aliphatic hydroxyl groups excluding tert-OH is 11. The van der Waals surface area contributed by atoms with Gasteiger partial charge in [0.25, 0.3) is 0 Å². The van der Waals surface area contributed by atoms with Crippen LogP contribution in [0.2, 0.25) is 0 Å². The van der Waals surface area contributed by atoms with E-state index in [0.717, 1.165) is 38.5 Å². The molecule has 3 aliphatic rings. The van der Waals surface area contributed by atoms with Gasteiger partial charge in [0.05, 0.1) is 38.6 Å². The van der Waals surface area contributed by atoms with E-state index in [1.54, 1.807) is 6.08 Å². The number of ether oxygens (including phenoxy) is 6. The van der Waals surface area contributed by atoms with E-state index in [1.165, 1.54) is 225 Å². The molecule has 19 heteroatoms. The molecule has 17 unspecified atom stereocenters. The van der Waals surface area contributed by atoms with Gasteiger partial charge in [0.1, 0.15) is 73.2 Å². The zero-order valence-corrected chi connectivity index (χ0v) is 58.0. The SMILES string of the molecule is CCCCCCC/C=C/CC/C=C/C(O)C(COC1OC(CO)C(OC2OC(CO)C(OC3OC(CO)C(O)C(O)C3O)C(O)C2O)C(O)C1O)NC(=O)CCCCCCCCCCCCCCCCCCCCCCCCCCC/C=C\CCCCCCCCCC. The molecular formula is C74H137NO18. The number of nitrogens with one attached hydrogen (secondary N) is 1. The monoisotopic (exact) mass is 1330 g/mol. The number of rotatable bonds is 59. The van der Waals surface area contributed by atoms with E-state index in [4.69, 9.17) is 28.4 Å².